The van der Waals surface area contributed by atoms with E-state index < -0.39 is 17.1 Å². The number of hydrogen-bond acceptors (Lipinski definition) is 4. The van der Waals surface area contributed by atoms with Gasteiger partial charge >= 0.3 is 0 Å². The van der Waals surface area contributed by atoms with Crippen molar-refractivity contribution in [1.82, 2.24) is 0 Å². The average Bonchev–Trinajstić information content (AvgIpc) is 2.03. The number of hydrogen-bond donors (Lipinski definition) is 0. The third kappa shape index (κ3) is 4.13. The Hall–Kier alpha value is -1.23. The van der Waals surface area contributed by atoms with E-state index in [2.05, 4.69) is 6.58 Å². The van der Waals surface area contributed by atoms with E-state index in [0.717, 1.165) is 0 Å². The monoisotopic (exact) mass is 201 g/mol. The van der Waals surface area contributed by atoms with Gasteiger partial charge in [0.1, 0.15) is 0 Å². The highest BCUT2D eigenvalue weighted by Crippen LogP contribution is 2.12. The van der Waals surface area contributed by atoms with E-state index in [4.69, 9.17) is 4.74 Å². The number of ether oxygens (including phenoxy) is 1. The molecule has 0 saturated heterocycles. The van der Waals surface area contributed by atoms with E-state index in [1.807, 2.05) is 0 Å². The van der Waals surface area contributed by atoms with E-state index in [9.17, 15) is 14.9 Å². The van der Waals surface area contributed by atoms with Crippen LogP contribution in [0.2, 0.25) is 0 Å². The minimum absolute atomic E-state index is 0.271. The van der Waals surface area contributed by atoms with Gasteiger partial charge in [-0.25, -0.2) is 0 Å². The van der Waals surface area contributed by atoms with Crippen LogP contribution >= 0.6 is 0 Å². The van der Waals surface area contributed by atoms with Crippen molar-refractivity contribution in [3.8, 4) is 0 Å². The number of ketones is 1. The summed E-state index contributed by atoms with van der Waals surface area (Å²) in [6.07, 6.45) is 2.20. The Morgan fingerprint density at radius 3 is 2.64 bits per heavy atom. The van der Waals surface area contributed by atoms with Gasteiger partial charge in [0.15, 0.2) is 11.4 Å². The van der Waals surface area contributed by atoms with Crippen LogP contribution in [0, 0.1) is 10.1 Å². The van der Waals surface area contributed by atoms with E-state index in [1.165, 1.54) is 13.8 Å². The molecule has 0 aromatic carbocycles. The largest absolute Gasteiger partial charge is 0.360 e. The van der Waals surface area contributed by atoms with Gasteiger partial charge in [-0.2, -0.15) is 0 Å². The number of nitro groups is 1. The topological polar surface area (TPSA) is 69.4 Å². The predicted molar refractivity (Wildman–Crippen MR) is 51.7 cm³/mol. The van der Waals surface area contributed by atoms with Gasteiger partial charge in [-0.15, -0.1) is 6.58 Å². The molecule has 0 saturated carbocycles. The Labute approximate surface area is 82.9 Å². The molecule has 14 heavy (non-hydrogen) atoms. The van der Waals surface area contributed by atoms with Crippen molar-refractivity contribution < 1.29 is 14.5 Å². The summed E-state index contributed by atoms with van der Waals surface area (Å²) in [7, 11) is 0. The first-order valence-electron chi connectivity index (χ1n) is 4.30. The van der Waals surface area contributed by atoms with Gasteiger partial charge in [-0.1, -0.05) is 6.08 Å². The van der Waals surface area contributed by atoms with Crippen LogP contribution in [0.4, 0.5) is 0 Å². The quantitative estimate of drug-likeness (QED) is 0.268. The second-order valence-electron chi connectivity index (χ2n) is 3.20. The number of nitrogens with zero attached hydrogens (tertiary/aromatic N) is 1. The summed E-state index contributed by atoms with van der Waals surface area (Å²) in [6, 6.07) is 0. The molecule has 0 aliphatic carbocycles. The van der Waals surface area contributed by atoms with Crippen molar-refractivity contribution in [1.29, 1.82) is 0 Å². The van der Waals surface area contributed by atoms with Crippen LogP contribution in [0.25, 0.3) is 0 Å². The van der Waals surface area contributed by atoms with Crippen molar-refractivity contribution in [2.75, 3.05) is 13.2 Å². The summed E-state index contributed by atoms with van der Waals surface area (Å²) in [5.41, 5.74) is -1.31. The minimum atomic E-state index is -1.31. The molecule has 5 heteroatoms. The lowest BCUT2D eigenvalue weighted by Crippen LogP contribution is -2.43. The molecule has 80 valence electrons. The molecule has 1 unspecified atom stereocenters. The highest BCUT2D eigenvalue weighted by Gasteiger charge is 2.36. The molecule has 0 N–H and O–H groups in total. The van der Waals surface area contributed by atoms with Crippen molar-refractivity contribution in [2.24, 2.45) is 0 Å². The maximum Gasteiger partial charge on any atom is 0.239 e. The van der Waals surface area contributed by atoms with Gasteiger partial charge in [0.2, 0.25) is 6.54 Å². The fourth-order valence-electron chi connectivity index (χ4n) is 0.872. The maximum atomic E-state index is 11.1. The molecule has 1 atom stereocenters. The molecule has 0 aliphatic heterocycles. The van der Waals surface area contributed by atoms with Crippen LogP contribution in [0.3, 0.4) is 0 Å². The zero-order chi connectivity index (χ0) is 11.2. The van der Waals surface area contributed by atoms with Crippen LogP contribution in [0.5, 0.6) is 0 Å². The zero-order valence-corrected chi connectivity index (χ0v) is 8.49. The van der Waals surface area contributed by atoms with Gasteiger partial charge in [0.25, 0.3) is 0 Å². The van der Waals surface area contributed by atoms with Crippen LogP contribution in [-0.2, 0) is 9.53 Å². The van der Waals surface area contributed by atoms with Gasteiger partial charge in [0, 0.05) is 4.92 Å². The summed E-state index contributed by atoms with van der Waals surface area (Å²) in [6.45, 7) is 5.98. The lowest BCUT2D eigenvalue weighted by atomic mass is 10.0. The Morgan fingerprint density at radius 2 is 2.29 bits per heavy atom. The molecule has 0 fully saturated rings. The van der Waals surface area contributed by atoms with Crippen LogP contribution in [-0.4, -0.2) is 29.5 Å². The standard InChI is InChI=1S/C9H15NO4/c1-4-5-6-14-9(3,8(2)11)7-10(12)13/h4H,1,5-7H2,2-3H3. The highest BCUT2D eigenvalue weighted by atomic mass is 16.6. The average molecular weight is 201 g/mol. The van der Waals surface area contributed by atoms with Crippen molar-refractivity contribution in [2.45, 2.75) is 25.9 Å². The van der Waals surface area contributed by atoms with Crippen LogP contribution in [0.1, 0.15) is 20.3 Å². The van der Waals surface area contributed by atoms with Gasteiger partial charge in [0.05, 0.1) is 6.61 Å². The Balaban J connectivity index is 4.31. The molecule has 0 bridgehead atoms. The third-order valence-corrected chi connectivity index (χ3v) is 1.92. The molecular weight excluding hydrogens is 186 g/mol. The zero-order valence-electron chi connectivity index (χ0n) is 8.49. The van der Waals surface area contributed by atoms with Crippen molar-refractivity contribution in [3.63, 3.8) is 0 Å². The summed E-state index contributed by atoms with van der Waals surface area (Å²) in [5.74, 6) is -0.335. The first kappa shape index (κ1) is 12.8. The second kappa shape index (κ2) is 5.49. The van der Waals surface area contributed by atoms with Gasteiger partial charge in [-0.05, 0) is 20.3 Å². The Morgan fingerprint density at radius 1 is 1.71 bits per heavy atom. The van der Waals surface area contributed by atoms with Crippen molar-refractivity contribution >= 4 is 5.78 Å². The number of carbonyl (C=O) groups excluding carboxylic acids is 1. The Bertz CT molecular complexity index is 239. The first-order valence-corrected chi connectivity index (χ1v) is 4.30. The number of carbonyl (C=O) groups is 1. The molecule has 5 nitrogen and oxygen atoms in total. The van der Waals surface area contributed by atoms with E-state index in [1.54, 1.807) is 6.08 Å². The smallest absolute Gasteiger partial charge is 0.239 e. The van der Waals surface area contributed by atoms with E-state index in [0.29, 0.717) is 6.42 Å². The molecule has 0 spiro atoms. The molecule has 0 aliphatic rings. The van der Waals surface area contributed by atoms with Crippen molar-refractivity contribution in [3.05, 3.63) is 22.8 Å². The molecule has 0 amide bonds. The maximum absolute atomic E-state index is 11.1. The first-order chi connectivity index (χ1) is 6.42. The molecule has 0 rings (SSSR count). The molecule has 0 radical (unpaired) electrons. The number of Topliss-reactive ketones (excluding diaryl/α,β-unsaturated/α-hetero) is 1. The van der Waals surface area contributed by atoms with Crippen LogP contribution in [0.15, 0.2) is 12.7 Å². The molecule has 0 aromatic heterocycles. The third-order valence-electron chi connectivity index (χ3n) is 1.92. The minimum Gasteiger partial charge on any atom is -0.360 e. The van der Waals surface area contributed by atoms with Gasteiger partial charge < -0.3 is 4.74 Å². The summed E-state index contributed by atoms with van der Waals surface area (Å²) in [5, 5.41) is 10.3. The predicted octanol–water partition coefficient (Wildman–Crippen LogP) is 1.20. The Kier molecular flexibility index (Phi) is 5.01. The lowest BCUT2D eigenvalue weighted by molar-refractivity contribution is -0.497. The van der Waals surface area contributed by atoms with E-state index >= 15 is 0 Å². The molecular formula is C9H15NO4. The van der Waals surface area contributed by atoms with Gasteiger partial charge in [-0.3, -0.25) is 14.9 Å². The fraction of sp³-hybridized carbons (Fsp3) is 0.667. The lowest BCUT2D eigenvalue weighted by Gasteiger charge is -2.22. The summed E-state index contributed by atoms with van der Waals surface area (Å²) >= 11 is 0. The highest BCUT2D eigenvalue weighted by molar-refractivity contribution is 5.84. The normalized spacial score (nSPS) is 14.4. The molecule has 0 heterocycles. The summed E-state index contributed by atoms with van der Waals surface area (Å²) < 4.78 is 5.18. The van der Waals surface area contributed by atoms with Crippen LogP contribution < -0.4 is 0 Å². The summed E-state index contributed by atoms with van der Waals surface area (Å²) in [4.78, 5) is 20.9. The second-order valence-corrected chi connectivity index (χ2v) is 3.20. The SMILES string of the molecule is C=CCCOC(C)(C[N+](=O)[O-])C(C)=O. The molecule has 0 aromatic rings. The number of rotatable bonds is 7. The van der Waals surface area contributed by atoms with E-state index in [-0.39, 0.29) is 12.4 Å². The fourth-order valence-corrected chi connectivity index (χ4v) is 0.872.